The molecule has 1 aromatic carbocycles. The molecule has 0 spiro atoms. The summed E-state index contributed by atoms with van der Waals surface area (Å²) in [5.74, 6) is 1.62. The Morgan fingerprint density at radius 1 is 1.17 bits per heavy atom. The number of nitrogens with one attached hydrogen (secondary N) is 1. The minimum Gasteiger partial charge on any atom is -0.486 e. The van der Waals surface area contributed by atoms with E-state index in [1.807, 2.05) is 18.2 Å². The first kappa shape index (κ1) is 17.5. The molecule has 1 fully saturated rings. The minimum absolute atomic E-state index is 0.0158. The normalized spacial score (nSPS) is 16.4. The third-order valence-corrected chi connectivity index (χ3v) is 5.20. The maximum atomic E-state index is 12.7. The zero-order valence-corrected chi connectivity index (χ0v) is 15.4. The van der Waals surface area contributed by atoms with Crippen LogP contribution in [0, 0.1) is 16.0 Å². The highest BCUT2D eigenvalue weighted by molar-refractivity contribution is 5.61. The second-order valence-electron chi connectivity index (χ2n) is 7.16. The first-order valence-corrected chi connectivity index (χ1v) is 9.43. The Balaban J connectivity index is 1.58. The van der Waals surface area contributed by atoms with Crippen molar-refractivity contribution in [3.05, 3.63) is 68.6 Å². The quantitative estimate of drug-likeness (QED) is 0.523. The lowest BCUT2D eigenvalue weighted by atomic mass is 10.0. The van der Waals surface area contributed by atoms with Crippen LogP contribution in [0.25, 0.3) is 5.65 Å². The topological polar surface area (TPSA) is 108 Å². The van der Waals surface area contributed by atoms with Gasteiger partial charge in [0.1, 0.15) is 18.9 Å². The van der Waals surface area contributed by atoms with Gasteiger partial charge < -0.3 is 14.8 Å². The van der Waals surface area contributed by atoms with Crippen molar-refractivity contribution in [3.63, 3.8) is 0 Å². The molecule has 5 rings (SSSR count). The third kappa shape index (κ3) is 3.14. The number of rotatable bonds is 5. The van der Waals surface area contributed by atoms with Gasteiger partial charge in [0.2, 0.25) is 5.82 Å². The predicted octanol–water partition coefficient (Wildman–Crippen LogP) is 2.94. The zero-order chi connectivity index (χ0) is 20.0. The molecule has 3 aromatic rings. The Morgan fingerprint density at radius 2 is 1.97 bits per heavy atom. The van der Waals surface area contributed by atoms with Crippen molar-refractivity contribution in [1.29, 1.82) is 0 Å². The van der Waals surface area contributed by atoms with Gasteiger partial charge >= 0.3 is 11.2 Å². The van der Waals surface area contributed by atoms with Gasteiger partial charge in [0.05, 0.1) is 11.0 Å². The Morgan fingerprint density at radius 3 is 2.72 bits per heavy atom. The lowest BCUT2D eigenvalue weighted by Crippen LogP contribution is -2.23. The van der Waals surface area contributed by atoms with Crippen LogP contribution in [-0.2, 0) is 0 Å². The summed E-state index contributed by atoms with van der Waals surface area (Å²) in [6.45, 7) is 0.986. The number of aromatic nitrogens is 2. The van der Waals surface area contributed by atoms with Crippen LogP contribution in [0.5, 0.6) is 11.5 Å². The number of fused-ring (bicyclic) bond motifs is 2. The van der Waals surface area contributed by atoms with Crippen molar-refractivity contribution in [1.82, 2.24) is 9.38 Å². The molecule has 2 aromatic heterocycles. The van der Waals surface area contributed by atoms with Crippen molar-refractivity contribution in [3.8, 4) is 11.5 Å². The van der Waals surface area contributed by atoms with Gasteiger partial charge in [0, 0.05) is 6.20 Å². The molecular formula is C20H18N4O5. The molecular weight excluding hydrogens is 376 g/mol. The average Bonchev–Trinajstić information content (AvgIpc) is 3.56. The van der Waals surface area contributed by atoms with Gasteiger partial charge in [-0.2, -0.15) is 0 Å². The molecule has 9 heteroatoms. The second kappa shape index (κ2) is 6.77. The van der Waals surface area contributed by atoms with Crippen molar-refractivity contribution >= 4 is 17.2 Å². The van der Waals surface area contributed by atoms with E-state index in [0.29, 0.717) is 36.3 Å². The first-order valence-electron chi connectivity index (χ1n) is 9.43. The Kier molecular flexibility index (Phi) is 4.08. The van der Waals surface area contributed by atoms with Crippen molar-refractivity contribution in [2.45, 2.75) is 18.9 Å². The summed E-state index contributed by atoms with van der Waals surface area (Å²) >= 11 is 0. The monoisotopic (exact) mass is 394 g/mol. The molecule has 1 atom stereocenters. The molecule has 0 bridgehead atoms. The number of benzene rings is 1. The van der Waals surface area contributed by atoms with Crippen LogP contribution in [-0.4, -0.2) is 27.5 Å². The highest BCUT2D eigenvalue weighted by Crippen LogP contribution is 2.45. The lowest BCUT2D eigenvalue weighted by Gasteiger charge is -2.23. The SMILES string of the molecule is O=c1c([N+](=O)[O-])c(NC(c2ccc3c(c2)OCCO3)C2CC2)nc2ccccn12. The molecule has 3 heterocycles. The molecule has 2 aliphatic rings. The number of anilines is 1. The van der Waals surface area contributed by atoms with Gasteiger partial charge in [-0.05, 0) is 48.6 Å². The van der Waals surface area contributed by atoms with E-state index in [0.717, 1.165) is 18.4 Å². The van der Waals surface area contributed by atoms with Crippen LogP contribution in [0.1, 0.15) is 24.4 Å². The fourth-order valence-corrected chi connectivity index (χ4v) is 3.65. The van der Waals surface area contributed by atoms with Gasteiger partial charge in [0.15, 0.2) is 11.5 Å². The van der Waals surface area contributed by atoms with Gasteiger partial charge in [-0.3, -0.25) is 19.3 Å². The Hall–Kier alpha value is -3.62. The van der Waals surface area contributed by atoms with Gasteiger partial charge in [0.25, 0.3) is 0 Å². The molecule has 148 valence electrons. The highest BCUT2D eigenvalue weighted by atomic mass is 16.6. The average molecular weight is 394 g/mol. The number of pyridine rings is 1. The largest absolute Gasteiger partial charge is 0.486 e. The van der Waals surface area contributed by atoms with Crippen molar-refractivity contribution in [2.24, 2.45) is 5.92 Å². The van der Waals surface area contributed by atoms with E-state index in [1.54, 1.807) is 18.2 Å². The lowest BCUT2D eigenvalue weighted by molar-refractivity contribution is -0.385. The first-order chi connectivity index (χ1) is 14.1. The summed E-state index contributed by atoms with van der Waals surface area (Å²) in [7, 11) is 0. The molecule has 0 saturated heterocycles. The van der Waals surface area contributed by atoms with Crippen LogP contribution in [0.3, 0.4) is 0 Å². The summed E-state index contributed by atoms with van der Waals surface area (Å²) in [4.78, 5) is 28.0. The number of nitro groups is 1. The van der Waals surface area contributed by atoms with E-state index in [-0.39, 0.29) is 11.9 Å². The zero-order valence-electron chi connectivity index (χ0n) is 15.4. The minimum atomic E-state index is -0.708. The molecule has 29 heavy (non-hydrogen) atoms. The smallest absolute Gasteiger partial charge is 0.376 e. The van der Waals surface area contributed by atoms with Crippen LogP contribution in [0.2, 0.25) is 0 Å². The Bertz CT molecular complexity index is 1170. The molecule has 1 aliphatic heterocycles. The number of hydrogen-bond acceptors (Lipinski definition) is 7. The molecule has 0 amide bonds. The summed E-state index contributed by atoms with van der Waals surface area (Å²) in [6.07, 6.45) is 3.46. The molecule has 1 N–H and O–H groups in total. The van der Waals surface area contributed by atoms with Crippen LogP contribution in [0.15, 0.2) is 47.4 Å². The fourth-order valence-electron chi connectivity index (χ4n) is 3.65. The van der Waals surface area contributed by atoms with E-state index in [2.05, 4.69) is 10.3 Å². The number of nitrogens with zero attached hydrogens (tertiary/aromatic N) is 3. The van der Waals surface area contributed by atoms with Crippen LogP contribution < -0.4 is 20.3 Å². The van der Waals surface area contributed by atoms with E-state index >= 15 is 0 Å². The maximum absolute atomic E-state index is 12.7. The molecule has 0 radical (unpaired) electrons. The van der Waals surface area contributed by atoms with E-state index in [1.165, 1.54) is 10.6 Å². The van der Waals surface area contributed by atoms with Gasteiger partial charge in [-0.1, -0.05) is 12.1 Å². The van der Waals surface area contributed by atoms with Crippen LogP contribution >= 0.6 is 0 Å². The Labute approximate surface area is 165 Å². The molecule has 1 aliphatic carbocycles. The maximum Gasteiger partial charge on any atom is 0.376 e. The summed E-state index contributed by atoms with van der Waals surface area (Å²) < 4.78 is 12.4. The van der Waals surface area contributed by atoms with E-state index < -0.39 is 16.2 Å². The van der Waals surface area contributed by atoms with Crippen molar-refractivity contribution < 1.29 is 14.4 Å². The number of ether oxygens (including phenoxy) is 2. The van der Waals surface area contributed by atoms with Gasteiger partial charge in [-0.25, -0.2) is 4.98 Å². The summed E-state index contributed by atoms with van der Waals surface area (Å²) in [6, 6.07) is 10.5. The van der Waals surface area contributed by atoms with Crippen LogP contribution in [0.4, 0.5) is 11.5 Å². The van der Waals surface area contributed by atoms with E-state index in [9.17, 15) is 14.9 Å². The summed E-state index contributed by atoms with van der Waals surface area (Å²) in [5.41, 5.74) is 0.000134. The standard InChI is InChI=1S/C20H18N4O5/c25-20-18(24(26)27)19(21-16-3-1-2-8-23(16)20)22-17(12-4-5-12)13-6-7-14-15(11-13)29-10-9-28-14/h1-3,6-8,11-12,17,22H,4-5,9-10H2. The van der Waals surface area contributed by atoms with Crippen molar-refractivity contribution in [2.75, 3.05) is 18.5 Å². The highest BCUT2D eigenvalue weighted by Gasteiger charge is 2.35. The van der Waals surface area contributed by atoms with E-state index in [4.69, 9.17) is 9.47 Å². The van der Waals surface area contributed by atoms with Gasteiger partial charge in [-0.15, -0.1) is 0 Å². The fraction of sp³-hybridized carbons (Fsp3) is 0.300. The summed E-state index contributed by atoms with van der Waals surface area (Å²) in [5, 5.41) is 14.8. The molecule has 1 saturated carbocycles. The predicted molar refractivity (Wildman–Crippen MR) is 105 cm³/mol. The third-order valence-electron chi connectivity index (χ3n) is 5.20. The second-order valence-corrected chi connectivity index (χ2v) is 7.16. The molecule has 9 nitrogen and oxygen atoms in total. The number of hydrogen-bond donors (Lipinski definition) is 1. The molecule has 1 unspecified atom stereocenters.